The van der Waals surface area contributed by atoms with Crippen molar-refractivity contribution < 1.29 is 44.6 Å². The molecule has 14 heteroatoms. The van der Waals surface area contributed by atoms with Gasteiger partial charge < -0.3 is 36.1 Å². The summed E-state index contributed by atoms with van der Waals surface area (Å²) in [5.74, 6) is 0. The third-order valence-electron chi connectivity index (χ3n) is 11.2. The van der Waals surface area contributed by atoms with Gasteiger partial charge in [-0.05, 0) is 125 Å². The van der Waals surface area contributed by atoms with E-state index in [4.69, 9.17) is 26.6 Å². The van der Waals surface area contributed by atoms with Crippen LogP contribution in [-0.4, -0.2) is 149 Å². The van der Waals surface area contributed by atoms with Crippen LogP contribution in [0.5, 0.6) is 0 Å². The monoisotopic (exact) mass is 969 g/mol. The Morgan fingerprint density at radius 1 is 0.242 bits per heavy atom. The van der Waals surface area contributed by atoms with Gasteiger partial charge in [0, 0.05) is 0 Å². The molecule has 0 fully saturated rings. The van der Waals surface area contributed by atoms with Crippen LogP contribution in [0.1, 0.15) is 214 Å². The molecule has 0 N–H and O–H groups in total. The minimum atomic E-state index is -4.33. The van der Waals surface area contributed by atoms with E-state index in [1.807, 2.05) is 0 Å². The van der Waals surface area contributed by atoms with Gasteiger partial charge >= 0.3 is 0 Å². The third-order valence-corrected chi connectivity index (χ3v) is 11.2. The van der Waals surface area contributed by atoms with E-state index in [0.717, 1.165) is 0 Å². The van der Waals surface area contributed by atoms with Gasteiger partial charge in [-0.25, -0.2) is 0 Å². The van der Waals surface area contributed by atoms with Gasteiger partial charge in [0.05, 0.1) is 105 Å². The average molecular weight is 970 g/mol. The van der Waals surface area contributed by atoms with Crippen molar-refractivity contribution in [2.24, 2.45) is 0 Å². The highest BCUT2D eigenvalue weighted by Gasteiger charge is 2.25. The van der Waals surface area contributed by atoms with Crippen molar-refractivity contribution in [2.45, 2.75) is 214 Å². The Hall–Kier alpha value is 0.420. The van der Waals surface area contributed by atoms with Crippen molar-refractivity contribution in [3.63, 3.8) is 0 Å². The van der Waals surface area contributed by atoms with Crippen molar-refractivity contribution in [3.8, 4) is 0 Å². The first kappa shape index (κ1) is 74.0. The van der Waals surface area contributed by atoms with Crippen molar-refractivity contribution in [1.82, 2.24) is 0 Å². The topological polar surface area (TPSA) is 126 Å². The largest absolute Gasteiger partial charge is 0.780 e. The highest BCUT2D eigenvalue weighted by Crippen LogP contribution is 2.15. The molecule has 10 nitrogen and oxygen atoms in total. The summed E-state index contributed by atoms with van der Waals surface area (Å²) in [6, 6.07) is 0. The van der Waals surface area contributed by atoms with Crippen LogP contribution in [0.2, 0.25) is 0 Å². The van der Waals surface area contributed by atoms with Gasteiger partial charge in [-0.1, -0.05) is 111 Å². The Morgan fingerprint density at radius 3 is 0.323 bits per heavy atom. The summed E-state index contributed by atoms with van der Waals surface area (Å²) >= 11 is 6.49. The molecule has 0 aromatic rings. The van der Waals surface area contributed by atoms with Crippen LogP contribution in [0.25, 0.3) is 0 Å². The van der Waals surface area contributed by atoms with Crippen LogP contribution in [0.15, 0.2) is 0 Å². The second-order valence-electron chi connectivity index (χ2n) is 17.8. The van der Waals surface area contributed by atoms with Gasteiger partial charge in [-0.15, -0.1) is 18.1 Å². The highest BCUT2D eigenvalue weighted by atomic mass is 32.9. The fourth-order valence-corrected chi connectivity index (χ4v) is 10.3. The Balaban J connectivity index is -0.000000157. The maximum atomic E-state index is 8.89. The fourth-order valence-electron chi connectivity index (χ4n) is 10.3. The van der Waals surface area contributed by atoms with Crippen molar-refractivity contribution in [3.05, 3.63) is 0 Å². The van der Waals surface area contributed by atoms with Gasteiger partial charge in [0.2, 0.25) is 0 Å². The molecule has 0 radical (unpaired) electrons. The Kier molecular flexibility index (Phi) is 57.1. The molecule has 0 spiro atoms. The minimum Gasteiger partial charge on any atom is -0.780 e. The summed E-state index contributed by atoms with van der Waals surface area (Å²) in [4.78, 5) is 0. The van der Waals surface area contributed by atoms with E-state index in [0.29, 0.717) is 0 Å². The summed E-state index contributed by atoms with van der Waals surface area (Å²) in [6.45, 7) is 59.2. The van der Waals surface area contributed by atoms with Gasteiger partial charge in [0.1, 0.15) is 0 Å². The zero-order chi connectivity index (χ0) is 49.6. The standard InChI is InChI=1S/4C12H28N.2H2O3S2/c4*1-5-9-13(10-6-2,11-7-3)12-8-4;2*1-5(2,3)4/h4*5-12H2,1-4H3;2*(H2,1,2,3,4)/q4*+1;;/p-4. The quantitative estimate of drug-likeness (QED) is 0.0610. The van der Waals surface area contributed by atoms with Crippen molar-refractivity contribution >= 4 is 40.5 Å². The van der Waals surface area contributed by atoms with Crippen LogP contribution < -0.4 is 0 Å². The van der Waals surface area contributed by atoms with Crippen LogP contribution in [0.4, 0.5) is 0 Å². The lowest BCUT2D eigenvalue weighted by molar-refractivity contribution is -0.928. The molecule has 0 aromatic carbocycles. The lowest BCUT2D eigenvalue weighted by Crippen LogP contribution is -2.50. The van der Waals surface area contributed by atoms with Crippen molar-refractivity contribution in [1.29, 1.82) is 0 Å². The Morgan fingerprint density at radius 2 is 0.290 bits per heavy atom. The number of rotatable bonds is 32. The van der Waals surface area contributed by atoms with Crippen LogP contribution in [-0.2, 0) is 40.5 Å². The predicted molar refractivity (Wildman–Crippen MR) is 278 cm³/mol. The van der Waals surface area contributed by atoms with Gasteiger partial charge in [0.25, 0.3) is 0 Å². The van der Waals surface area contributed by atoms with Gasteiger partial charge in [-0.3, -0.25) is 8.42 Å². The van der Waals surface area contributed by atoms with E-state index in [2.05, 4.69) is 133 Å². The molecular formula is C48H112N4O6S4. The molecule has 0 rings (SSSR count). The van der Waals surface area contributed by atoms with Gasteiger partial charge in [0.15, 0.2) is 0 Å². The highest BCUT2D eigenvalue weighted by molar-refractivity contribution is 8.26. The molecule has 0 unspecified atom stereocenters. The van der Waals surface area contributed by atoms with E-state index < -0.39 is 18.1 Å². The molecule has 0 aliphatic rings. The number of hydrogen-bond donors (Lipinski definition) is 0. The number of nitrogens with zero attached hydrogens (tertiary/aromatic N) is 4. The molecule has 384 valence electrons. The minimum absolute atomic E-state index is 1.33. The molecule has 0 heterocycles. The van der Waals surface area contributed by atoms with Crippen molar-refractivity contribution in [2.75, 3.05) is 105 Å². The van der Waals surface area contributed by atoms with Crippen LogP contribution in [0.3, 0.4) is 0 Å². The SMILES string of the molecule is CCC[N+](CCC)(CCC)CCC.CCC[N+](CCC)(CCC)CCC.CCC[N+](CCC)(CCC)CCC.CCC[N+](CCC)(CCC)CCC.O=S([O-])([O-])=S.O=S([O-])([O-])=S. The molecule has 0 aliphatic carbocycles. The fraction of sp³-hybridized carbons (Fsp3) is 1.00. The first-order chi connectivity index (χ1) is 29.0. The van der Waals surface area contributed by atoms with E-state index in [1.165, 1.54) is 225 Å². The van der Waals surface area contributed by atoms with E-state index in [1.54, 1.807) is 0 Å². The smallest absolute Gasteiger partial charge is 0.0783 e. The summed E-state index contributed by atoms with van der Waals surface area (Å²) in [5, 5.41) is 0. The van der Waals surface area contributed by atoms with Gasteiger partial charge in [-0.2, -0.15) is 0 Å². The molecule has 0 aromatic heterocycles. The van der Waals surface area contributed by atoms with Crippen LogP contribution >= 0.6 is 0 Å². The average Bonchev–Trinajstić information content (AvgIpc) is 3.13. The number of hydrogen-bond acceptors (Lipinski definition) is 8. The lowest BCUT2D eigenvalue weighted by Gasteiger charge is -2.38. The normalized spacial score (nSPS) is 11.9. The summed E-state index contributed by atoms with van der Waals surface area (Å²) < 4.78 is 58.8. The first-order valence-corrected chi connectivity index (χ1v) is 30.4. The second-order valence-corrected chi connectivity index (χ2v) is 21.8. The second kappa shape index (κ2) is 47.9. The van der Waals surface area contributed by atoms with Crippen LogP contribution in [0, 0.1) is 0 Å². The molecule has 0 bridgehead atoms. The predicted octanol–water partition coefficient (Wildman–Crippen LogP) is 11.8. The first-order valence-electron chi connectivity index (χ1n) is 25.7. The zero-order valence-corrected chi connectivity index (χ0v) is 47.8. The molecule has 0 saturated carbocycles. The van der Waals surface area contributed by atoms with E-state index >= 15 is 0 Å². The summed E-state index contributed by atoms with van der Waals surface area (Å²) in [7, 11) is -8.67. The molecule has 0 saturated heterocycles. The third kappa shape index (κ3) is 51.4. The molecule has 62 heavy (non-hydrogen) atoms. The summed E-state index contributed by atoms with van der Waals surface area (Å²) in [6.07, 6.45) is 21.3. The van der Waals surface area contributed by atoms with E-state index in [-0.39, 0.29) is 0 Å². The lowest BCUT2D eigenvalue weighted by atomic mass is 10.2. The Labute approximate surface area is 401 Å². The maximum absolute atomic E-state index is 8.89. The summed E-state index contributed by atoms with van der Waals surface area (Å²) in [5.41, 5.74) is 0. The molecule has 0 atom stereocenters. The molecular weight excluding hydrogens is 857 g/mol. The molecule has 0 aliphatic heterocycles. The zero-order valence-electron chi connectivity index (χ0n) is 44.5. The molecule has 0 amide bonds. The maximum Gasteiger partial charge on any atom is 0.0783 e. The van der Waals surface area contributed by atoms with E-state index in [9.17, 15) is 0 Å². The Bertz CT molecular complexity index is 839. The number of quaternary nitrogens is 4.